The van der Waals surface area contributed by atoms with Gasteiger partial charge in [-0.3, -0.25) is 9.59 Å². The molecule has 2 aromatic carbocycles. The molecule has 32 heavy (non-hydrogen) atoms. The first-order chi connectivity index (χ1) is 15.5. The zero-order chi connectivity index (χ0) is 22.3. The fraction of sp³-hybridized carbons (Fsp3) is 0.292. The third kappa shape index (κ3) is 3.28. The first-order valence-corrected chi connectivity index (χ1v) is 10.5. The predicted molar refractivity (Wildman–Crippen MR) is 117 cm³/mol. The highest BCUT2D eigenvalue weighted by molar-refractivity contribution is 5.99. The van der Waals surface area contributed by atoms with Gasteiger partial charge in [0.1, 0.15) is 28.5 Å². The maximum Gasteiger partial charge on any atom is 0.272 e. The number of carbonyl (C=O) groups excluding carboxylic acids is 2. The van der Waals surface area contributed by atoms with Crippen molar-refractivity contribution in [2.75, 3.05) is 27.3 Å². The van der Waals surface area contributed by atoms with E-state index in [0.29, 0.717) is 54.3 Å². The Bertz CT molecular complexity index is 1220. The molecule has 164 valence electrons. The number of nitrogens with one attached hydrogen (secondary N) is 1. The predicted octanol–water partition coefficient (Wildman–Crippen LogP) is 3.01. The Morgan fingerprint density at radius 3 is 2.56 bits per heavy atom. The van der Waals surface area contributed by atoms with Crippen LogP contribution in [0.15, 0.2) is 48.5 Å². The lowest BCUT2D eigenvalue weighted by molar-refractivity contribution is -0.0246. The molecule has 8 heteroatoms. The fourth-order valence-corrected chi connectivity index (χ4v) is 4.35. The second-order valence-electron chi connectivity index (χ2n) is 7.91. The Hall–Kier alpha value is -3.81. The normalized spacial score (nSPS) is 16.8. The zero-order valence-corrected chi connectivity index (χ0v) is 17.9. The Morgan fingerprint density at radius 1 is 1.06 bits per heavy atom. The van der Waals surface area contributed by atoms with Gasteiger partial charge in [0.05, 0.1) is 19.8 Å². The minimum atomic E-state index is -0.806. The number of benzene rings is 2. The molecule has 1 fully saturated rings. The smallest absolute Gasteiger partial charge is 0.272 e. The first-order valence-electron chi connectivity index (χ1n) is 10.5. The molecule has 3 aromatic rings. The molecule has 0 radical (unpaired) electrons. The summed E-state index contributed by atoms with van der Waals surface area (Å²) in [5.74, 6) is 1.35. The Labute approximate surface area is 185 Å². The largest absolute Gasteiger partial charge is 0.496 e. The number of aromatic nitrogens is 1. The van der Waals surface area contributed by atoms with Crippen LogP contribution in [0.4, 0.5) is 0 Å². The van der Waals surface area contributed by atoms with Crippen LogP contribution in [0.25, 0.3) is 10.9 Å². The number of nitrogens with zero attached hydrogens (tertiary/aromatic N) is 2. The average molecular weight is 433 g/mol. The van der Waals surface area contributed by atoms with Gasteiger partial charge in [-0.1, -0.05) is 18.2 Å². The maximum absolute atomic E-state index is 13.3. The number of hydrogen-bond acceptors (Lipinski definition) is 6. The van der Waals surface area contributed by atoms with Crippen molar-refractivity contribution in [1.82, 2.24) is 15.2 Å². The third-order valence-electron chi connectivity index (χ3n) is 6.06. The van der Waals surface area contributed by atoms with Crippen molar-refractivity contribution in [3.05, 3.63) is 59.8 Å². The van der Waals surface area contributed by atoms with Crippen molar-refractivity contribution < 1.29 is 23.8 Å². The minimum absolute atomic E-state index is 0.153. The van der Waals surface area contributed by atoms with E-state index in [0.717, 1.165) is 5.39 Å². The summed E-state index contributed by atoms with van der Waals surface area (Å²) in [5, 5.41) is 3.77. The van der Waals surface area contributed by atoms with Gasteiger partial charge < -0.3 is 24.4 Å². The second kappa shape index (κ2) is 7.71. The number of piperidine rings is 1. The summed E-state index contributed by atoms with van der Waals surface area (Å²) < 4.78 is 17.1. The Kier molecular flexibility index (Phi) is 4.84. The van der Waals surface area contributed by atoms with E-state index in [1.54, 1.807) is 49.5 Å². The number of rotatable bonds is 3. The number of fused-ring (bicyclic) bond motifs is 2. The van der Waals surface area contributed by atoms with Crippen molar-refractivity contribution >= 4 is 22.7 Å². The zero-order valence-electron chi connectivity index (χ0n) is 17.9. The van der Waals surface area contributed by atoms with E-state index >= 15 is 0 Å². The third-order valence-corrected chi connectivity index (χ3v) is 6.06. The highest BCUT2D eigenvalue weighted by Gasteiger charge is 2.43. The molecule has 0 unspecified atom stereocenters. The summed E-state index contributed by atoms with van der Waals surface area (Å²) in [6.45, 7) is 0.852. The van der Waals surface area contributed by atoms with Crippen LogP contribution in [0.5, 0.6) is 17.2 Å². The molecule has 1 spiro atoms. The van der Waals surface area contributed by atoms with Gasteiger partial charge in [0.2, 0.25) is 0 Å². The van der Waals surface area contributed by atoms with Crippen molar-refractivity contribution in [2.24, 2.45) is 0 Å². The van der Waals surface area contributed by atoms with E-state index < -0.39 is 5.72 Å². The number of pyridine rings is 1. The standard InChI is InChI=1S/C24H23N3O5/c1-30-19-9-5-7-15-20(31-2)14-17(25-21(15)19)23(29)27-12-10-24(11-13-27)26-22(28)16-6-3-4-8-18(16)32-24/h3-9,14H,10-13H2,1-2H3,(H,26,28). The van der Waals surface area contributed by atoms with E-state index in [1.165, 1.54) is 0 Å². The van der Waals surface area contributed by atoms with E-state index in [2.05, 4.69) is 10.3 Å². The molecule has 1 aromatic heterocycles. The molecule has 0 bridgehead atoms. The summed E-state index contributed by atoms with van der Waals surface area (Å²) in [5.41, 5.74) is 0.581. The molecule has 0 saturated carbocycles. The molecule has 2 aliphatic rings. The summed E-state index contributed by atoms with van der Waals surface area (Å²) in [4.78, 5) is 32.1. The van der Waals surface area contributed by atoms with Gasteiger partial charge in [0.25, 0.3) is 11.8 Å². The van der Waals surface area contributed by atoms with Crippen molar-refractivity contribution in [3.8, 4) is 17.2 Å². The molecule has 0 aliphatic carbocycles. The molecule has 8 nitrogen and oxygen atoms in total. The molecule has 3 heterocycles. The number of ether oxygens (including phenoxy) is 3. The van der Waals surface area contributed by atoms with Crippen LogP contribution < -0.4 is 19.5 Å². The Balaban J connectivity index is 1.38. The number of amides is 2. The van der Waals surface area contributed by atoms with Gasteiger partial charge >= 0.3 is 0 Å². The first kappa shape index (κ1) is 20.1. The molecule has 0 atom stereocenters. The summed E-state index contributed by atoms with van der Waals surface area (Å²) in [6.07, 6.45) is 0.958. The molecule has 2 aliphatic heterocycles. The van der Waals surface area contributed by atoms with Crippen molar-refractivity contribution in [2.45, 2.75) is 18.6 Å². The topological polar surface area (TPSA) is 90.0 Å². The van der Waals surface area contributed by atoms with Crippen LogP contribution in [0.3, 0.4) is 0 Å². The van der Waals surface area contributed by atoms with E-state index in [4.69, 9.17) is 14.2 Å². The van der Waals surface area contributed by atoms with E-state index in [-0.39, 0.29) is 17.5 Å². The molecular weight excluding hydrogens is 410 g/mol. The number of methoxy groups -OCH3 is 2. The highest BCUT2D eigenvalue weighted by Crippen LogP contribution is 2.35. The van der Waals surface area contributed by atoms with Crippen LogP contribution >= 0.6 is 0 Å². The fourth-order valence-electron chi connectivity index (χ4n) is 4.35. The number of carbonyl (C=O) groups is 2. The number of likely N-dealkylation sites (tertiary alicyclic amines) is 1. The second-order valence-corrected chi connectivity index (χ2v) is 7.91. The SMILES string of the molecule is COc1cc(C(=O)N2CCC3(CC2)NC(=O)c2ccccc2O3)nc2c(OC)cccc12. The van der Waals surface area contributed by atoms with Gasteiger partial charge in [0, 0.05) is 37.4 Å². The maximum atomic E-state index is 13.3. The number of hydrogen-bond donors (Lipinski definition) is 1. The molecular formula is C24H23N3O5. The Morgan fingerprint density at radius 2 is 1.81 bits per heavy atom. The number of para-hydroxylation sites is 2. The lowest BCUT2D eigenvalue weighted by atomic mass is 9.96. The molecule has 5 rings (SSSR count). The van der Waals surface area contributed by atoms with E-state index in [1.807, 2.05) is 18.2 Å². The van der Waals surface area contributed by atoms with Crippen LogP contribution in [0.2, 0.25) is 0 Å². The summed E-state index contributed by atoms with van der Waals surface area (Å²) in [7, 11) is 3.13. The summed E-state index contributed by atoms with van der Waals surface area (Å²) >= 11 is 0. The molecule has 2 amide bonds. The monoisotopic (exact) mass is 433 g/mol. The lowest BCUT2D eigenvalue weighted by Crippen LogP contribution is -2.61. The lowest BCUT2D eigenvalue weighted by Gasteiger charge is -2.44. The van der Waals surface area contributed by atoms with Gasteiger partial charge in [-0.2, -0.15) is 0 Å². The molecule has 1 saturated heterocycles. The van der Waals surface area contributed by atoms with Gasteiger partial charge in [-0.25, -0.2) is 4.98 Å². The van der Waals surface area contributed by atoms with Crippen molar-refractivity contribution in [1.29, 1.82) is 0 Å². The summed E-state index contributed by atoms with van der Waals surface area (Å²) in [6, 6.07) is 14.4. The molecule has 1 N–H and O–H groups in total. The van der Waals surface area contributed by atoms with Crippen LogP contribution in [0, 0.1) is 0 Å². The van der Waals surface area contributed by atoms with Gasteiger partial charge in [0.15, 0.2) is 5.72 Å². The highest BCUT2D eigenvalue weighted by atomic mass is 16.5. The van der Waals surface area contributed by atoms with Crippen LogP contribution in [-0.2, 0) is 0 Å². The van der Waals surface area contributed by atoms with Crippen LogP contribution in [0.1, 0.15) is 33.7 Å². The van der Waals surface area contributed by atoms with Gasteiger partial charge in [-0.15, -0.1) is 0 Å². The van der Waals surface area contributed by atoms with Gasteiger partial charge in [-0.05, 0) is 24.3 Å². The minimum Gasteiger partial charge on any atom is -0.496 e. The average Bonchev–Trinajstić information content (AvgIpc) is 2.83. The van der Waals surface area contributed by atoms with E-state index in [9.17, 15) is 9.59 Å². The quantitative estimate of drug-likeness (QED) is 0.683. The van der Waals surface area contributed by atoms with Crippen LogP contribution in [-0.4, -0.2) is 54.7 Å². The van der Waals surface area contributed by atoms with Crippen molar-refractivity contribution in [3.63, 3.8) is 0 Å².